The van der Waals surface area contributed by atoms with E-state index >= 15 is 0 Å². The van der Waals surface area contributed by atoms with Crippen LogP contribution in [0.2, 0.25) is 5.02 Å². The zero-order chi connectivity index (χ0) is 21.6. The third-order valence-electron chi connectivity index (χ3n) is 4.75. The summed E-state index contributed by atoms with van der Waals surface area (Å²) in [4.78, 5) is 27.5. The smallest absolute Gasteiger partial charge is 0.242 e. The number of rotatable bonds is 8. The van der Waals surface area contributed by atoms with Crippen molar-refractivity contribution in [2.45, 2.75) is 53.6 Å². The van der Waals surface area contributed by atoms with Gasteiger partial charge in [0.05, 0.1) is 6.42 Å². The first-order chi connectivity index (χ1) is 13.7. The van der Waals surface area contributed by atoms with Crippen LogP contribution in [-0.4, -0.2) is 29.3 Å². The van der Waals surface area contributed by atoms with Crippen LogP contribution in [0.25, 0.3) is 0 Å². The van der Waals surface area contributed by atoms with E-state index in [1.165, 1.54) is 0 Å². The van der Waals surface area contributed by atoms with Gasteiger partial charge in [-0.15, -0.1) is 0 Å². The van der Waals surface area contributed by atoms with Gasteiger partial charge in [0.15, 0.2) is 0 Å². The molecule has 0 radical (unpaired) electrons. The molecule has 2 amide bonds. The lowest BCUT2D eigenvalue weighted by atomic mass is 10.0. The summed E-state index contributed by atoms with van der Waals surface area (Å²) < 4.78 is 0. The van der Waals surface area contributed by atoms with Gasteiger partial charge in [-0.2, -0.15) is 0 Å². The van der Waals surface area contributed by atoms with E-state index in [0.29, 0.717) is 24.0 Å². The Balaban J connectivity index is 2.23. The van der Waals surface area contributed by atoms with Crippen LogP contribution < -0.4 is 5.32 Å². The molecule has 0 aliphatic heterocycles. The Morgan fingerprint density at radius 3 is 2.10 bits per heavy atom. The summed E-state index contributed by atoms with van der Waals surface area (Å²) in [5, 5.41) is 3.58. The number of nitrogens with one attached hydrogen (secondary N) is 1. The van der Waals surface area contributed by atoms with Crippen LogP contribution in [0.15, 0.2) is 42.5 Å². The molecule has 4 nitrogen and oxygen atoms in total. The second-order valence-electron chi connectivity index (χ2n) is 8.14. The molecule has 0 saturated carbocycles. The molecule has 156 valence electrons. The summed E-state index contributed by atoms with van der Waals surface area (Å²) in [6.45, 7) is 10.9. The Kier molecular flexibility index (Phi) is 8.27. The van der Waals surface area contributed by atoms with Crippen LogP contribution >= 0.6 is 11.6 Å². The molecule has 0 heterocycles. The van der Waals surface area contributed by atoms with E-state index < -0.39 is 6.04 Å². The highest BCUT2D eigenvalue weighted by Gasteiger charge is 2.26. The van der Waals surface area contributed by atoms with E-state index in [1.807, 2.05) is 52.0 Å². The van der Waals surface area contributed by atoms with Gasteiger partial charge in [0.1, 0.15) is 6.04 Å². The molecule has 2 aromatic rings. The van der Waals surface area contributed by atoms with Gasteiger partial charge in [0.25, 0.3) is 0 Å². The molecule has 0 spiro atoms. The Hall–Kier alpha value is -2.33. The first-order valence-corrected chi connectivity index (χ1v) is 10.4. The van der Waals surface area contributed by atoms with Crippen molar-refractivity contribution >= 4 is 23.4 Å². The number of carbonyl (C=O) groups excluding carboxylic acids is 2. The maximum Gasteiger partial charge on any atom is 0.242 e. The van der Waals surface area contributed by atoms with E-state index in [1.54, 1.807) is 24.0 Å². The summed E-state index contributed by atoms with van der Waals surface area (Å²) in [5.41, 5.74) is 4.15. The number of nitrogens with zero attached hydrogens (tertiary/aromatic N) is 1. The van der Waals surface area contributed by atoms with Gasteiger partial charge in [-0.05, 0) is 49.9 Å². The van der Waals surface area contributed by atoms with E-state index in [2.05, 4.69) is 11.4 Å². The average molecular weight is 415 g/mol. The number of carbonyl (C=O) groups is 2. The molecule has 0 saturated heterocycles. The van der Waals surface area contributed by atoms with Crippen molar-refractivity contribution in [2.24, 2.45) is 5.92 Å². The van der Waals surface area contributed by atoms with E-state index in [9.17, 15) is 9.59 Å². The largest absolute Gasteiger partial charge is 0.354 e. The van der Waals surface area contributed by atoms with Gasteiger partial charge < -0.3 is 10.2 Å². The SMILES string of the molecule is Cc1cc(C)cc(CC(=O)N(Cc2ccc(Cl)cc2)[C@H](C)C(=O)NCC(C)C)c1. The zero-order valence-corrected chi connectivity index (χ0v) is 18.7. The lowest BCUT2D eigenvalue weighted by molar-refractivity contribution is -0.140. The first kappa shape index (κ1) is 23.0. The monoisotopic (exact) mass is 414 g/mol. The Bertz CT molecular complexity index is 826. The Morgan fingerprint density at radius 2 is 1.55 bits per heavy atom. The predicted molar refractivity (Wildman–Crippen MR) is 119 cm³/mol. The molecule has 0 aliphatic carbocycles. The third kappa shape index (κ3) is 7.21. The summed E-state index contributed by atoms with van der Waals surface area (Å²) in [6.07, 6.45) is 0.262. The molecule has 0 aromatic heterocycles. The van der Waals surface area contributed by atoms with Crippen molar-refractivity contribution in [2.75, 3.05) is 6.54 Å². The van der Waals surface area contributed by atoms with E-state index in [-0.39, 0.29) is 18.2 Å². The molecule has 1 atom stereocenters. The second kappa shape index (κ2) is 10.4. The normalized spacial score (nSPS) is 12.0. The van der Waals surface area contributed by atoms with E-state index in [4.69, 9.17) is 11.6 Å². The van der Waals surface area contributed by atoms with Crippen LogP contribution in [0.3, 0.4) is 0 Å². The van der Waals surface area contributed by atoms with Gasteiger partial charge >= 0.3 is 0 Å². The molecule has 2 aromatic carbocycles. The fourth-order valence-electron chi connectivity index (χ4n) is 3.27. The number of benzene rings is 2. The Morgan fingerprint density at radius 1 is 0.966 bits per heavy atom. The maximum absolute atomic E-state index is 13.2. The molecular formula is C24H31ClN2O2. The second-order valence-corrected chi connectivity index (χ2v) is 8.57. The summed E-state index contributed by atoms with van der Waals surface area (Å²) in [5.74, 6) is 0.139. The number of halogens is 1. The molecule has 0 unspecified atom stereocenters. The minimum atomic E-state index is -0.567. The summed E-state index contributed by atoms with van der Waals surface area (Å²) >= 11 is 5.99. The van der Waals surface area contributed by atoms with Gasteiger partial charge in [-0.1, -0.05) is 66.9 Å². The van der Waals surface area contributed by atoms with Crippen molar-refractivity contribution in [3.05, 3.63) is 69.7 Å². The van der Waals surface area contributed by atoms with Crippen molar-refractivity contribution < 1.29 is 9.59 Å². The topological polar surface area (TPSA) is 49.4 Å². The summed E-state index contributed by atoms with van der Waals surface area (Å²) in [7, 11) is 0. The van der Waals surface area contributed by atoms with Gasteiger partial charge in [0, 0.05) is 18.1 Å². The van der Waals surface area contributed by atoms with E-state index in [0.717, 1.165) is 22.3 Å². The summed E-state index contributed by atoms with van der Waals surface area (Å²) in [6, 6.07) is 12.9. The molecule has 5 heteroatoms. The standard InChI is InChI=1S/C24H31ClN2O2/c1-16(2)14-26-24(29)19(5)27(15-20-6-8-22(25)9-7-20)23(28)13-21-11-17(3)10-18(4)12-21/h6-12,16,19H,13-15H2,1-5H3,(H,26,29)/t19-/m1/s1. The van der Waals surface area contributed by atoms with Gasteiger partial charge in [-0.3, -0.25) is 9.59 Å². The van der Waals surface area contributed by atoms with Crippen LogP contribution in [0.5, 0.6) is 0 Å². The lowest BCUT2D eigenvalue weighted by Crippen LogP contribution is -2.48. The van der Waals surface area contributed by atoms with Crippen LogP contribution in [0, 0.1) is 19.8 Å². The quantitative estimate of drug-likeness (QED) is 0.681. The fourth-order valence-corrected chi connectivity index (χ4v) is 3.39. The lowest BCUT2D eigenvalue weighted by Gasteiger charge is -2.29. The highest BCUT2D eigenvalue weighted by Crippen LogP contribution is 2.16. The fraction of sp³-hybridized carbons (Fsp3) is 0.417. The van der Waals surface area contributed by atoms with Gasteiger partial charge in [0.2, 0.25) is 11.8 Å². The Labute approximate surface area is 179 Å². The molecule has 0 aliphatic rings. The number of hydrogen-bond acceptors (Lipinski definition) is 2. The zero-order valence-electron chi connectivity index (χ0n) is 18.0. The van der Waals surface area contributed by atoms with Crippen molar-refractivity contribution in [3.63, 3.8) is 0 Å². The van der Waals surface area contributed by atoms with Crippen molar-refractivity contribution in [3.8, 4) is 0 Å². The molecule has 29 heavy (non-hydrogen) atoms. The molecule has 1 N–H and O–H groups in total. The van der Waals surface area contributed by atoms with Gasteiger partial charge in [-0.25, -0.2) is 0 Å². The van der Waals surface area contributed by atoms with Crippen molar-refractivity contribution in [1.82, 2.24) is 10.2 Å². The highest BCUT2D eigenvalue weighted by molar-refractivity contribution is 6.30. The molecule has 0 fully saturated rings. The maximum atomic E-state index is 13.2. The van der Waals surface area contributed by atoms with Crippen LogP contribution in [-0.2, 0) is 22.6 Å². The first-order valence-electron chi connectivity index (χ1n) is 10.0. The highest BCUT2D eigenvalue weighted by atomic mass is 35.5. The molecule has 0 bridgehead atoms. The molecule has 2 rings (SSSR count). The molecular weight excluding hydrogens is 384 g/mol. The number of aryl methyl sites for hydroxylation is 2. The average Bonchev–Trinajstić information content (AvgIpc) is 2.64. The van der Waals surface area contributed by atoms with Crippen LogP contribution in [0.1, 0.15) is 43.0 Å². The third-order valence-corrected chi connectivity index (χ3v) is 5.01. The number of hydrogen-bond donors (Lipinski definition) is 1. The van der Waals surface area contributed by atoms with Crippen LogP contribution in [0.4, 0.5) is 0 Å². The van der Waals surface area contributed by atoms with Crippen molar-refractivity contribution in [1.29, 1.82) is 0 Å². The minimum Gasteiger partial charge on any atom is -0.354 e. The predicted octanol–water partition coefficient (Wildman–Crippen LogP) is 4.69. The number of amides is 2. The minimum absolute atomic E-state index is 0.0721.